The lowest BCUT2D eigenvalue weighted by Crippen LogP contribution is -2.07. The molecule has 1 aromatic rings. The van der Waals surface area contributed by atoms with Crippen LogP contribution in [-0.4, -0.2) is 25.8 Å². The molecule has 2 rings (SSSR count). The zero-order valence-corrected chi connectivity index (χ0v) is 7.42. The molecule has 0 saturated carbocycles. The number of allylic oxidation sites excluding steroid dienone is 3. The van der Waals surface area contributed by atoms with Gasteiger partial charge in [0.05, 0.1) is 0 Å². The van der Waals surface area contributed by atoms with Gasteiger partial charge >= 0.3 is 5.97 Å². The number of hydrogen-bond donors (Lipinski definition) is 1. The van der Waals surface area contributed by atoms with Crippen LogP contribution in [0.1, 0.15) is 12.8 Å². The van der Waals surface area contributed by atoms with Crippen LogP contribution in [0.25, 0.3) is 5.70 Å². The zero-order chi connectivity index (χ0) is 9.97. The number of nitrogens with zero attached hydrogens (tertiary/aromatic N) is 3. The van der Waals surface area contributed by atoms with Crippen molar-refractivity contribution in [2.45, 2.75) is 12.8 Å². The third kappa shape index (κ3) is 1.56. The Labute approximate surface area is 80.4 Å². The van der Waals surface area contributed by atoms with Crippen LogP contribution in [0.2, 0.25) is 0 Å². The molecule has 1 N–H and O–H groups in total. The molecule has 1 aliphatic carbocycles. The standard InChI is InChI=1S/C9H9N3O2/c13-9(14)7-1-3-8(4-2-7)12-6-10-5-11-12/h1,3,5-6H,2,4H2,(H,13,14). The van der Waals surface area contributed by atoms with Crippen LogP contribution in [0.15, 0.2) is 30.4 Å². The van der Waals surface area contributed by atoms with Gasteiger partial charge < -0.3 is 5.11 Å². The summed E-state index contributed by atoms with van der Waals surface area (Å²) in [6.45, 7) is 0. The van der Waals surface area contributed by atoms with E-state index in [9.17, 15) is 4.79 Å². The molecule has 0 spiro atoms. The minimum atomic E-state index is -0.848. The summed E-state index contributed by atoms with van der Waals surface area (Å²) in [6.07, 6.45) is 7.66. The van der Waals surface area contributed by atoms with Crippen LogP contribution in [0, 0.1) is 0 Å². The molecule has 1 aromatic heterocycles. The van der Waals surface area contributed by atoms with Gasteiger partial charge in [-0.25, -0.2) is 14.5 Å². The van der Waals surface area contributed by atoms with Gasteiger partial charge in [-0.3, -0.25) is 0 Å². The number of aliphatic carboxylic acids is 1. The summed E-state index contributed by atoms with van der Waals surface area (Å²) in [5.41, 5.74) is 1.40. The topological polar surface area (TPSA) is 68.0 Å². The minimum absolute atomic E-state index is 0.439. The van der Waals surface area contributed by atoms with Crippen LogP contribution in [0.3, 0.4) is 0 Å². The second kappa shape index (κ2) is 3.45. The average Bonchev–Trinajstić information content (AvgIpc) is 2.71. The van der Waals surface area contributed by atoms with Gasteiger partial charge in [-0.05, 0) is 25.0 Å². The molecule has 14 heavy (non-hydrogen) atoms. The van der Waals surface area contributed by atoms with Crippen molar-refractivity contribution in [1.82, 2.24) is 14.8 Å². The first kappa shape index (κ1) is 8.68. The number of carboxylic acid groups (broad SMARTS) is 1. The van der Waals surface area contributed by atoms with Crippen LogP contribution < -0.4 is 0 Å². The van der Waals surface area contributed by atoms with E-state index >= 15 is 0 Å². The smallest absolute Gasteiger partial charge is 0.331 e. The first-order chi connectivity index (χ1) is 6.77. The van der Waals surface area contributed by atoms with E-state index in [0.29, 0.717) is 18.4 Å². The van der Waals surface area contributed by atoms with Crippen LogP contribution in [0.4, 0.5) is 0 Å². The second-order valence-corrected chi connectivity index (χ2v) is 3.00. The Morgan fingerprint density at radius 1 is 1.43 bits per heavy atom. The number of carboxylic acids is 1. The SMILES string of the molecule is O=C(O)C1=CC=C(n2cncn2)CC1. The molecule has 1 aliphatic rings. The van der Waals surface area contributed by atoms with Crippen LogP contribution in [0.5, 0.6) is 0 Å². The molecule has 0 aromatic carbocycles. The van der Waals surface area contributed by atoms with Gasteiger partial charge in [0.2, 0.25) is 0 Å². The van der Waals surface area contributed by atoms with Crippen molar-refractivity contribution in [3.05, 3.63) is 30.4 Å². The van der Waals surface area contributed by atoms with E-state index in [1.165, 1.54) is 6.33 Å². The van der Waals surface area contributed by atoms with Crippen molar-refractivity contribution < 1.29 is 9.90 Å². The molecule has 0 atom stereocenters. The Kier molecular flexibility index (Phi) is 2.14. The van der Waals surface area contributed by atoms with Gasteiger partial charge in [0.15, 0.2) is 0 Å². The van der Waals surface area contributed by atoms with E-state index in [2.05, 4.69) is 10.1 Å². The Hall–Kier alpha value is -1.91. The molecule has 0 unspecified atom stereocenters. The highest BCUT2D eigenvalue weighted by Crippen LogP contribution is 2.20. The maximum Gasteiger partial charge on any atom is 0.331 e. The molecule has 1 heterocycles. The Morgan fingerprint density at radius 2 is 2.29 bits per heavy atom. The molecule has 0 amide bonds. The molecule has 5 nitrogen and oxygen atoms in total. The highest BCUT2D eigenvalue weighted by Gasteiger charge is 2.12. The second-order valence-electron chi connectivity index (χ2n) is 3.00. The monoisotopic (exact) mass is 191 g/mol. The Balaban J connectivity index is 2.23. The summed E-state index contributed by atoms with van der Waals surface area (Å²) in [5, 5.41) is 12.7. The normalized spacial score (nSPS) is 16.0. The number of rotatable bonds is 2. The van der Waals surface area contributed by atoms with E-state index in [0.717, 1.165) is 5.70 Å². The Morgan fingerprint density at radius 3 is 2.79 bits per heavy atom. The van der Waals surface area contributed by atoms with Crippen molar-refractivity contribution in [2.24, 2.45) is 0 Å². The third-order valence-corrected chi connectivity index (χ3v) is 2.12. The number of carbonyl (C=O) groups is 1. The van der Waals surface area contributed by atoms with Gasteiger partial charge in [0, 0.05) is 11.3 Å². The van der Waals surface area contributed by atoms with Crippen LogP contribution >= 0.6 is 0 Å². The van der Waals surface area contributed by atoms with Gasteiger partial charge in [0.1, 0.15) is 12.7 Å². The van der Waals surface area contributed by atoms with Gasteiger partial charge in [-0.15, -0.1) is 0 Å². The summed E-state index contributed by atoms with van der Waals surface area (Å²) in [4.78, 5) is 14.4. The fraction of sp³-hybridized carbons (Fsp3) is 0.222. The highest BCUT2D eigenvalue weighted by atomic mass is 16.4. The molecule has 0 bridgehead atoms. The van der Waals surface area contributed by atoms with Gasteiger partial charge in [-0.2, -0.15) is 5.10 Å². The number of aromatic nitrogens is 3. The van der Waals surface area contributed by atoms with Crippen molar-refractivity contribution in [2.75, 3.05) is 0 Å². The van der Waals surface area contributed by atoms with Crippen molar-refractivity contribution >= 4 is 11.7 Å². The van der Waals surface area contributed by atoms with E-state index in [1.807, 2.05) is 0 Å². The highest BCUT2D eigenvalue weighted by molar-refractivity contribution is 5.88. The molecule has 0 fully saturated rings. The van der Waals surface area contributed by atoms with Crippen LogP contribution in [-0.2, 0) is 4.79 Å². The molecule has 5 heteroatoms. The summed E-state index contributed by atoms with van der Waals surface area (Å²) in [6, 6.07) is 0. The maximum atomic E-state index is 10.6. The first-order valence-corrected chi connectivity index (χ1v) is 4.25. The van der Waals surface area contributed by atoms with Crippen molar-refractivity contribution in [1.29, 1.82) is 0 Å². The largest absolute Gasteiger partial charge is 0.478 e. The van der Waals surface area contributed by atoms with Gasteiger partial charge in [0.25, 0.3) is 0 Å². The van der Waals surface area contributed by atoms with E-state index in [-0.39, 0.29) is 0 Å². The maximum absolute atomic E-state index is 10.6. The minimum Gasteiger partial charge on any atom is -0.478 e. The van der Waals surface area contributed by atoms with Gasteiger partial charge in [-0.1, -0.05) is 0 Å². The fourth-order valence-electron chi connectivity index (χ4n) is 1.35. The Bertz CT molecular complexity index is 404. The molecule has 0 radical (unpaired) electrons. The summed E-state index contributed by atoms with van der Waals surface area (Å²) < 4.78 is 1.65. The lowest BCUT2D eigenvalue weighted by molar-refractivity contribution is -0.132. The molecule has 72 valence electrons. The summed E-state index contributed by atoms with van der Waals surface area (Å²) >= 11 is 0. The predicted octanol–water partition coefficient (Wildman–Crippen LogP) is 0.924. The van der Waals surface area contributed by atoms with Crippen molar-refractivity contribution in [3.63, 3.8) is 0 Å². The molecular formula is C9H9N3O2. The van der Waals surface area contributed by atoms with E-state index < -0.39 is 5.97 Å². The lowest BCUT2D eigenvalue weighted by Gasteiger charge is -2.11. The first-order valence-electron chi connectivity index (χ1n) is 4.25. The van der Waals surface area contributed by atoms with E-state index in [1.54, 1.807) is 23.2 Å². The predicted molar refractivity (Wildman–Crippen MR) is 49.2 cm³/mol. The third-order valence-electron chi connectivity index (χ3n) is 2.12. The fourth-order valence-corrected chi connectivity index (χ4v) is 1.35. The van der Waals surface area contributed by atoms with E-state index in [4.69, 9.17) is 5.11 Å². The van der Waals surface area contributed by atoms with Crippen molar-refractivity contribution in [3.8, 4) is 0 Å². The summed E-state index contributed by atoms with van der Waals surface area (Å²) in [5.74, 6) is -0.848. The summed E-state index contributed by atoms with van der Waals surface area (Å²) in [7, 11) is 0. The molecular weight excluding hydrogens is 182 g/mol. The molecule has 0 saturated heterocycles. The average molecular weight is 191 g/mol. The zero-order valence-electron chi connectivity index (χ0n) is 7.42. The molecule has 0 aliphatic heterocycles. The lowest BCUT2D eigenvalue weighted by atomic mass is 10.0. The quantitative estimate of drug-likeness (QED) is 0.754. The number of hydrogen-bond acceptors (Lipinski definition) is 3.